The van der Waals surface area contributed by atoms with Gasteiger partial charge in [0, 0.05) is 6.42 Å². The zero-order chi connectivity index (χ0) is 13.8. The Balaban J connectivity index is 2.00. The highest BCUT2D eigenvalue weighted by atomic mass is 16.5. The van der Waals surface area contributed by atoms with Crippen LogP contribution in [0.15, 0.2) is 10.7 Å². The highest BCUT2D eigenvalue weighted by Gasteiger charge is 2.12. The third kappa shape index (κ3) is 3.60. The molecule has 0 saturated heterocycles. The van der Waals surface area contributed by atoms with Gasteiger partial charge in [0.2, 0.25) is 5.89 Å². The van der Waals surface area contributed by atoms with E-state index >= 15 is 0 Å². The molecule has 2 heterocycles. The summed E-state index contributed by atoms with van der Waals surface area (Å²) in [6.07, 6.45) is 3.46. The maximum atomic E-state index is 5.89. The summed E-state index contributed by atoms with van der Waals surface area (Å²) in [5, 5.41) is 12.0. The first-order valence-corrected chi connectivity index (χ1v) is 6.55. The van der Waals surface area contributed by atoms with Gasteiger partial charge in [-0.15, -0.1) is 5.10 Å². The average molecular weight is 264 g/mol. The SMILES string of the molecule is CCC(N)c1cn(Cc2nc(CC(C)C)no2)nn1. The summed E-state index contributed by atoms with van der Waals surface area (Å²) in [5.74, 6) is 1.78. The molecule has 0 aliphatic carbocycles. The molecule has 0 radical (unpaired) electrons. The summed E-state index contributed by atoms with van der Waals surface area (Å²) in [5.41, 5.74) is 6.67. The Morgan fingerprint density at radius 1 is 1.42 bits per heavy atom. The Labute approximate surface area is 112 Å². The van der Waals surface area contributed by atoms with Crippen LogP contribution in [0.1, 0.15) is 50.6 Å². The van der Waals surface area contributed by atoms with E-state index in [0.717, 1.165) is 24.4 Å². The van der Waals surface area contributed by atoms with Crippen LogP contribution in [0.2, 0.25) is 0 Å². The van der Waals surface area contributed by atoms with Gasteiger partial charge in [0.15, 0.2) is 5.82 Å². The Morgan fingerprint density at radius 3 is 2.89 bits per heavy atom. The van der Waals surface area contributed by atoms with Crippen LogP contribution in [-0.4, -0.2) is 25.1 Å². The number of hydrogen-bond donors (Lipinski definition) is 1. The van der Waals surface area contributed by atoms with Crippen molar-refractivity contribution in [1.29, 1.82) is 0 Å². The number of nitrogens with two attached hydrogens (primary N) is 1. The Morgan fingerprint density at radius 2 is 2.21 bits per heavy atom. The minimum absolute atomic E-state index is 0.0760. The molecule has 0 aliphatic heterocycles. The first-order chi connectivity index (χ1) is 9.08. The van der Waals surface area contributed by atoms with E-state index in [4.69, 9.17) is 10.3 Å². The Bertz CT molecular complexity index is 518. The van der Waals surface area contributed by atoms with Crippen LogP contribution in [0.5, 0.6) is 0 Å². The van der Waals surface area contributed by atoms with Crippen LogP contribution < -0.4 is 5.73 Å². The summed E-state index contributed by atoms with van der Waals surface area (Å²) in [6, 6.07) is -0.0760. The van der Waals surface area contributed by atoms with E-state index in [2.05, 4.69) is 34.3 Å². The number of hydrogen-bond acceptors (Lipinski definition) is 6. The van der Waals surface area contributed by atoms with E-state index in [1.165, 1.54) is 0 Å². The van der Waals surface area contributed by atoms with Gasteiger partial charge in [-0.3, -0.25) is 0 Å². The Hall–Kier alpha value is -1.76. The lowest BCUT2D eigenvalue weighted by Crippen LogP contribution is -2.08. The van der Waals surface area contributed by atoms with E-state index in [9.17, 15) is 0 Å². The molecule has 1 atom stereocenters. The molecule has 2 rings (SSSR count). The Kier molecular flexibility index (Phi) is 4.26. The summed E-state index contributed by atoms with van der Waals surface area (Å²) < 4.78 is 6.85. The molecular formula is C12H20N6O. The molecular weight excluding hydrogens is 244 g/mol. The van der Waals surface area contributed by atoms with Crippen molar-refractivity contribution in [3.63, 3.8) is 0 Å². The smallest absolute Gasteiger partial charge is 0.248 e. The standard InChI is InChI=1S/C12H20N6O/c1-4-9(13)10-6-18(17-15-10)7-12-14-11(16-19-12)5-8(2)3/h6,8-9H,4-5,7,13H2,1-3H3. The molecule has 0 saturated carbocycles. The minimum Gasteiger partial charge on any atom is -0.337 e. The lowest BCUT2D eigenvalue weighted by molar-refractivity contribution is 0.358. The largest absolute Gasteiger partial charge is 0.337 e. The van der Waals surface area contributed by atoms with Crippen molar-refractivity contribution in [3.8, 4) is 0 Å². The molecule has 0 spiro atoms. The number of aromatic nitrogens is 5. The molecule has 1 unspecified atom stereocenters. The quantitative estimate of drug-likeness (QED) is 0.845. The third-order valence-electron chi connectivity index (χ3n) is 2.77. The van der Waals surface area contributed by atoms with Gasteiger partial charge in [-0.1, -0.05) is 31.1 Å². The molecule has 0 bridgehead atoms. The van der Waals surface area contributed by atoms with Crippen molar-refractivity contribution in [3.05, 3.63) is 23.6 Å². The predicted molar refractivity (Wildman–Crippen MR) is 69.2 cm³/mol. The van der Waals surface area contributed by atoms with E-state index in [-0.39, 0.29) is 6.04 Å². The van der Waals surface area contributed by atoms with Crippen LogP contribution in [0.3, 0.4) is 0 Å². The molecule has 2 N–H and O–H groups in total. The van der Waals surface area contributed by atoms with Gasteiger partial charge in [-0.2, -0.15) is 4.98 Å². The maximum absolute atomic E-state index is 5.89. The first kappa shape index (κ1) is 13.7. The van der Waals surface area contributed by atoms with Gasteiger partial charge in [0.1, 0.15) is 6.54 Å². The van der Waals surface area contributed by atoms with E-state index in [0.29, 0.717) is 18.4 Å². The summed E-state index contributed by atoms with van der Waals surface area (Å²) in [4.78, 5) is 4.32. The van der Waals surface area contributed by atoms with E-state index in [1.807, 2.05) is 13.1 Å². The topological polar surface area (TPSA) is 95.7 Å². The molecule has 2 aromatic rings. The van der Waals surface area contributed by atoms with Crippen molar-refractivity contribution >= 4 is 0 Å². The van der Waals surface area contributed by atoms with Crippen molar-refractivity contribution < 1.29 is 4.52 Å². The van der Waals surface area contributed by atoms with Crippen molar-refractivity contribution in [1.82, 2.24) is 25.1 Å². The second-order valence-corrected chi connectivity index (χ2v) is 5.06. The van der Waals surface area contributed by atoms with Gasteiger partial charge in [0.05, 0.1) is 17.9 Å². The molecule has 0 aromatic carbocycles. The van der Waals surface area contributed by atoms with Crippen LogP contribution in [0, 0.1) is 5.92 Å². The third-order valence-corrected chi connectivity index (χ3v) is 2.77. The average Bonchev–Trinajstić information content (AvgIpc) is 2.98. The fraction of sp³-hybridized carbons (Fsp3) is 0.667. The fourth-order valence-corrected chi connectivity index (χ4v) is 1.71. The molecule has 7 nitrogen and oxygen atoms in total. The van der Waals surface area contributed by atoms with Crippen LogP contribution >= 0.6 is 0 Å². The summed E-state index contributed by atoms with van der Waals surface area (Å²) in [7, 11) is 0. The number of nitrogens with zero attached hydrogens (tertiary/aromatic N) is 5. The molecule has 0 fully saturated rings. The van der Waals surface area contributed by atoms with Crippen LogP contribution in [-0.2, 0) is 13.0 Å². The zero-order valence-electron chi connectivity index (χ0n) is 11.6. The lowest BCUT2D eigenvalue weighted by atomic mass is 10.1. The van der Waals surface area contributed by atoms with Crippen molar-refractivity contribution in [2.75, 3.05) is 0 Å². The molecule has 2 aromatic heterocycles. The zero-order valence-corrected chi connectivity index (χ0v) is 11.6. The normalized spacial score (nSPS) is 13.1. The highest BCUT2D eigenvalue weighted by Crippen LogP contribution is 2.10. The van der Waals surface area contributed by atoms with Gasteiger partial charge >= 0.3 is 0 Å². The second-order valence-electron chi connectivity index (χ2n) is 5.06. The highest BCUT2D eigenvalue weighted by molar-refractivity contribution is 5.00. The van der Waals surface area contributed by atoms with Gasteiger partial charge in [-0.25, -0.2) is 4.68 Å². The van der Waals surface area contributed by atoms with Crippen LogP contribution in [0.4, 0.5) is 0 Å². The molecule has 0 amide bonds. The molecule has 0 aliphatic rings. The summed E-state index contributed by atoms with van der Waals surface area (Å²) in [6.45, 7) is 6.67. The van der Waals surface area contributed by atoms with Gasteiger partial charge in [0.25, 0.3) is 0 Å². The first-order valence-electron chi connectivity index (χ1n) is 6.55. The van der Waals surface area contributed by atoms with Crippen molar-refractivity contribution in [2.45, 2.75) is 46.2 Å². The monoisotopic (exact) mass is 264 g/mol. The predicted octanol–water partition coefficient (Wildman–Crippen LogP) is 1.32. The molecule has 19 heavy (non-hydrogen) atoms. The van der Waals surface area contributed by atoms with Gasteiger partial charge in [-0.05, 0) is 12.3 Å². The van der Waals surface area contributed by atoms with Crippen molar-refractivity contribution in [2.24, 2.45) is 11.7 Å². The molecule has 7 heteroatoms. The van der Waals surface area contributed by atoms with Crippen LogP contribution in [0.25, 0.3) is 0 Å². The van der Waals surface area contributed by atoms with E-state index in [1.54, 1.807) is 4.68 Å². The van der Waals surface area contributed by atoms with Gasteiger partial charge < -0.3 is 10.3 Å². The lowest BCUT2D eigenvalue weighted by Gasteiger charge is -2.01. The molecule has 104 valence electrons. The maximum Gasteiger partial charge on any atom is 0.248 e. The number of rotatable bonds is 6. The second kappa shape index (κ2) is 5.92. The minimum atomic E-state index is -0.0760. The van der Waals surface area contributed by atoms with E-state index < -0.39 is 0 Å². The summed E-state index contributed by atoms with van der Waals surface area (Å²) >= 11 is 0. The fourth-order valence-electron chi connectivity index (χ4n) is 1.71.